The minimum atomic E-state index is 0.296. The third-order valence-electron chi connectivity index (χ3n) is 3.79. The smallest absolute Gasteiger partial charge is 0.0714 e. The number of H-pyrrole nitrogens is 1. The molecule has 4 heteroatoms. The third kappa shape index (κ3) is 2.81. The number of hydrogen-bond donors (Lipinski definition) is 2. The Morgan fingerprint density at radius 3 is 3.21 bits per heavy atom. The molecule has 1 aliphatic rings. The van der Waals surface area contributed by atoms with E-state index in [9.17, 15) is 0 Å². The topological polar surface area (TPSA) is 54.3 Å². The van der Waals surface area contributed by atoms with Crippen LogP contribution >= 0.6 is 0 Å². The van der Waals surface area contributed by atoms with Gasteiger partial charge in [-0.3, -0.25) is 4.90 Å². The van der Waals surface area contributed by atoms with Crippen LogP contribution in [0, 0.1) is 0 Å². The Morgan fingerprint density at radius 1 is 1.37 bits per heavy atom. The number of fused-ring (bicyclic) bond motifs is 1. The number of rotatable bonds is 4. The zero-order valence-corrected chi connectivity index (χ0v) is 11.1. The van der Waals surface area contributed by atoms with Gasteiger partial charge in [-0.2, -0.15) is 0 Å². The van der Waals surface area contributed by atoms with Crippen molar-refractivity contribution in [1.82, 2.24) is 9.88 Å². The van der Waals surface area contributed by atoms with E-state index >= 15 is 0 Å². The monoisotopic (exact) mass is 259 g/mol. The maximum atomic E-state index is 5.73. The Morgan fingerprint density at radius 2 is 2.32 bits per heavy atom. The first-order valence-electron chi connectivity index (χ1n) is 6.96. The molecule has 1 unspecified atom stereocenters. The first-order chi connectivity index (χ1) is 9.36. The summed E-state index contributed by atoms with van der Waals surface area (Å²) in [4.78, 5) is 5.73. The number of benzene rings is 1. The van der Waals surface area contributed by atoms with Crippen LogP contribution in [0.4, 0.5) is 0 Å². The number of aromatic amines is 1. The summed E-state index contributed by atoms with van der Waals surface area (Å²) in [6, 6.07) is 8.60. The Balaban J connectivity index is 1.72. The van der Waals surface area contributed by atoms with E-state index in [0.717, 1.165) is 32.7 Å². The van der Waals surface area contributed by atoms with Crippen LogP contribution in [0.5, 0.6) is 0 Å². The molecule has 102 valence electrons. The Labute approximate surface area is 113 Å². The molecule has 2 aromatic rings. The lowest BCUT2D eigenvalue weighted by Gasteiger charge is -2.33. The quantitative estimate of drug-likeness (QED) is 0.879. The van der Waals surface area contributed by atoms with Crippen molar-refractivity contribution in [2.45, 2.75) is 19.1 Å². The molecular weight excluding hydrogens is 238 g/mol. The Bertz CT molecular complexity index is 535. The summed E-state index contributed by atoms with van der Waals surface area (Å²) >= 11 is 0. The van der Waals surface area contributed by atoms with E-state index in [4.69, 9.17) is 10.5 Å². The molecule has 0 spiro atoms. The van der Waals surface area contributed by atoms with Crippen LogP contribution in [0.1, 0.15) is 12.0 Å². The minimum Gasteiger partial charge on any atom is -0.376 e. The van der Waals surface area contributed by atoms with Crippen molar-refractivity contribution in [1.29, 1.82) is 0 Å². The van der Waals surface area contributed by atoms with Crippen LogP contribution in [0.2, 0.25) is 0 Å². The second kappa shape index (κ2) is 5.74. The molecule has 0 bridgehead atoms. The number of nitrogens with zero attached hydrogens (tertiary/aromatic N) is 1. The molecule has 1 aromatic carbocycles. The second-order valence-electron chi connectivity index (χ2n) is 5.16. The van der Waals surface area contributed by atoms with Crippen LogP contribution < -0.4 is 5.73 Å². The first kappa shape index (κ1) is 12.7. The van der Waals surface area contributed by atoms with Crippen LogP contribution in [0.3, 0.4) is 0 Å². The molecule has 4 nitrogen and oxygen atoms in total. The fourth-order valence-electron chi connectivity index (χ4n) is 2.81. The normalized spacial score (nSPS) is 21.0. The number of morpholine rings is 1. The summed E-state index contributed by atoms with van der Waals surface area (Å²) < 4.78 is 5.73. The van der Waals surface area contributed by atoms with Crippen molar-refractivity contribution in [2.75, 3.05) is 26.2 Å². The highest BCUT2D eigenvalue weighted by atomic mass is 16.5. The van der Waals surface area contributed by atoms with Gasteiger partial charge < -0.3 is 15.5 Å². The average Bonchev–Trinajstić information content (AvgIpc) is 2.89. The summed E-state index contributed by atoms with van der Waals surface area (Å²) in [5.41, 5.74) is 8.21. The van der Waals surface area contributed by atoms with Crippen LogP contribution in [-0.2, 0) is 11.3 Å². The Kier molecular flexibility index (Phi) is 3.82. The maximum Gasteiger partial charge on any atom is 0.0714 e. The summed E-state index contributed by atoms with van der Waals surface area (Å²) in [6.07, 6.45) is 3.25. The maximum absolute atomic E-state index is 5.73. The minimum absolute atomic E-state index is 0.296. The van der Waals surface area contributed by atoms with Crippen molar-refractivity contribution < 1.29 is 4.74 Å². The van der Waals surface area contributed by atoms with Crippen molar-refractivity contribution in [2.24, 2.45) is 5.73 Å². The van der Waals surface area contributed by atoms with Gasteiger partial charge in [-0.1, -0.05) is 12.1 Å². The number of ether oxygens (including phenoxy) is 1. The van der Waals surface area contributed by atoms with E-state index in [1.165, 1.54) is 16.5 Å². The van der Waals surface area contributed by atoms with Crippen LogP contribution in [0.25, 0.3) is 10.9 Å². The predicted molar refractivity (Wildman–Crippen MR) is 77.0 cm³/mol. The van der Waals surface area contributed by atoms with E-state index in [1.54, 1.807) is 0 Å². The van der Waals surface area contributed by atoms with E-state index in [-0.39, 0.29) is 0 Å². The molecular formula is C15H21N3O. The number of aromatic nitrogens is 1. The predicted octanol–water partition coefficient (Wildman–Crippen LogP) is 1.72. The van der Waals surface area contributed by atoms with Gasteiger partial charge in [-0.05, 0) is 30.7 Å². The zero-order valence-electron chi connectivity index (χ0n) is 11.1. The van der Waals surface area contributed by atoms with Gasteiger partial charge in [0, 0.05) is 36.7 Å². The van der Waals surface area contributed by atoms with E-state index in [1.807, 2.05) is 6.20 Å². The number of nitrogens with one attached hydrogen (secondary N) is 1. The SMILES string of the molecule is NCCC1CN(Cc2cccc3[nH]ccc23)CCO1. The molecule has 19 heavy (non-hydrogen) atoms. The highest BCUT2D eigenvalue weighted by Crippen LogP contribution is 2.20. The van der Waals surface area contributed by atoms with Gasteiger partial charge in [0.05, 0.1) is 12.7 Å². The fraction of sp³-hybridized carbons (Fsp3) is 0.467. The molecule has 0 radical (unpaired) electrons. The summed E-state index contributed by atoms with van der Waals surface area (Å²) in [5.74, 6) is 0. The Hall–Kier alpha value is -1.36. The van der Waals surface area contributed by atoms with Crippen molar-refractivity contribution in [3.63, 3.8) is 0 Å². The lowest BCUT2D eigenvalue weighted by molar-refractivity contribution is -0.0334. The molecule has 1 saturated heterocycles. The molecule has 1 fully saturated rings. The zero-order chi connectivity index (χ0) is 13.1. The standard InChI is InChI=1S/C15H21N3O/c16-6-4-13-11-18(8-9-19-13)10-12-2-1-3-15-14(12)5-7-17-15/h1-3,5,7,13,17H,4,6,8-11,16H2. The van der Waals surface area contributed by atoms with Gasteiger partial charge in [0.15, 0.2) is 0 Å². The lowest BCUT2D eigenvalue weighted by atomic mass is 10.1. The summed E-state index contributed by atoms with van der Waals surface area (Å²) in [6.45, 7) is 4.49. The molecule has 0 saturated carbocycles. The molecule has 1 aliphatic heterocycles. The molecule has 0 amide bonds. The molecule has 3 rings (SSSR count). The molecule has 0 aliphatic carbocycles. The highest BCUT2D eigenvalue weighted by molar-refractivity contribution is 5.82. The van der Waals surface area contributed by atoms with Gasteiger partial charge >= 0.3 is 0 Å². The van der Waals surface area contributed by atoms with Gasteiger partial charge in [0.25, 0.3) is 0 Å². The van der Waals surface area contributed by atoms with Gasteiger partial charge in [0.2, 0.25) is 0 Å². The third-order valence-corrected chi connectivity index (χ3v) is 3.79. The van der Waals surface area contributed by atoms with Crippen molar-refractivity contribution in [3.8, 4) is 0 Å². The lowest BCUT2D eigenvalue weighted by Crippen LogP contribution is -2.42. The average molecular weight is 259 g/mol. The summed E-state index contributed by atoms with van der Waals surface area (Å²) in [7, 11) is 0. The van der Waals surface area contributed by atoms with E-state index in [2.05, 4.69) is 34.1 Å². The van der Waals surface area contributed by atoms with Crippen LogP contribution in [0.15, 0.2) is 30.5 Å². The van der Waals surface area contributed by atoms with Crippen molar-refractivity contribution >= 4 is 10.9 Å². The largest absolute Gasteiger partial charge is 0.376 e. The molecule has 2 heterocycles. The van der Waals surface area contributed by atoms with E-state index in [0.29, 0.717) is 12.6 Å². The molecule has 3 N–H and O–H groups in total. The number of hydrogen-bond acceptors (Lipinski definition) is 3. The van der Waals surface area contributed by atoms with Crippen LogP contribution in [-0.4, -0.2) is 42.2 Å². The molecule has 1 aromatic heterocycles. The molecule has 1 atom stereocenters. The fourth-order valence-corrected chi connectivity index (χ4v) is 2.81. The second-order valence-corrected chi connectivity index (χ2v) is 5.16. The van der Waals surface area contributed by atoms with Gasteiger partial charge in [-0.25, -0.2) is 0 Å². The summed E-state index contributed by atoms with van der Waals surface area (Å²) in [5, 5.41) is 1.32. The van der Waals surface area contributed by atoms with Gasteiger partial charge in [-0.15, -0.1) is 0 Å². The van der Waals surface area contributed by atoms with Gasteiger partial charge in [0.1, 0.15) is 0 Å². The van der Waals surface area contributed by atoms with Crippen molar-refractivity contribution in [3.05, 3.63) is 36.0 Å². The highest BCUT2D eigenvalue weighted by Gasteiger charge is 2.20. The first-order valence-corrected chi connectivity index (χ1v) is 6.96. The van der Waals surface area contributed by atoms with E-state index < -0.39 is 0 Å². The number of nitrogens with two attached hydrogens (primary N) is 1.